The number of carbonyl (C=O) groups excluding carboxylic acids is 2. The van der Waals surface area contributed by atoms with E-state index in [1.807, 2.05) is 29.3 Å². The SMILES string of the molecule is CC1CN(C(=O)CCCC(=O)c2cccs2)CCO1. The Balaban J connectivity index is 1.70. The summed E-state index contributed by atoms with van der Waals surface area (Å²) < 4.78 is 5.40. The lowest BCUT2D eigenvalue weighted by molar-refractivity contribution is -0.138. The van der Waals surface area contributed by atoms with E-state index in [-0.39, 0.29) is 17.8 Å². The number of amides is 1. The molecule has 1 saturated heterocycles. The van der Waals surface area contributed by atoms with Crippen molar-refractivity contribution in [3.63, 3.8) is 0 Å². The molecule has 0 bridgehead atoms. The van der Waals surface area contributed by atoms with Gasteiger partial charge in [-0.25, -0.2) is 0 Å². The summed E-state index contributed by atoms with van der Waals surface area (Å²) >= 11 is 1.46. The monoisotopic (exact) mass is 281 g/mol. The van der Waals surface area contributed by atoms with Crippen LogP contribution in [-0.4, -0.2) is 42.4 Å². The van der Waals surface area contributed by atoms with Crippen molar-refractivity contribution in [1.29, 1.82) is 0 Å². The first-order valence-electron chi connectivity index (χ1n) is 6.63. The van der Waals surface area contributed by atoms with Gasteiger partial charge in [-0.05, 0) is 24.8 Å². The predicted octanol–water partition coefficient (Wildman–Crippen LogP) is 2.35. The zero-order valence-corrected chi connectivity index (χ0v) is 11.9. The largest absolute Gasteiger partial charge is 0.375 e. The van der Waals surface area contributed by atoms with Crippen LogP contribution in [0.4, 0.5) is 0 Å². The Bertz CT molecular complexity index is 430. The highest BCUT2D eigenvalue weighted by Crippen LogP contribution is 2.14. The van der Waals surface area contributed by atoms with Crippen molar-refractivity contribution in [2.24, 2.45) is 0 Å². The molecule has 1 aromatic rings. The van der Waals surface area contributed by atoms with E-state index in [4.69, 9.17) is 4.74 Å². The van der Waals surface area contributed by atoms with E-state index in [9.17, 15) is 9.59 Å². The van der Waals surface area contributed by atoms with Gasteiger partial charge in [-0.15, -0.1) is 11.3 Å². The van der Waals surface area contributed by atoms with Crippen LogP contribution in [0, 0.1) is 0 Å². The van der Waals surface area contributed by atoms with E-state index in [0.717, 1.165) is 4.88 Å². The molecule has 2 rings (SSSR count). The van der Waals surface area contributed by atoms with E-state index in [1.54, 1.807) is 0 Å². The number of hydrogen-bond donors (Lipinski definition) is 0. The molecule has 0 N–H and O–H groups in total. The molecular formula is C14H19NO3S. The molecule has 1 atom stereocenters. The van der Waals surface area contributed by atoms with Crippen molar-refractivity contribution in [2.75, 3.05) is 19.7 Å². The van der Waals surface area contributed by atoms with Gasteiger partial charge in [0.25, 0.3) is 0 Å². The second-order valence-electron chi connectivity index (χ2n) is 4.78. The molecule has 0 spiro atoms. The standard InChI is InChI=1S/C14H19NO3S/c1-11-10-15(7-8-18-11)14(17)6-2-4-12(16)13-5-3-9-19-13/h3,5,9,11H,2,4,6-8,10H2,1H3. The van der Waals surface area contributed by atoms with Gasteiger partial charge in [-0.2, -0.15) is 0 Å². The van der Waals surface area contributed by atoms with Crippen LogP contribution in [0.5, 0.6) is 0 Å². The second-order valence-corrected chi connectivity index (χ2v) is 5.72. The van der Waals surface area contributed by atoms with Crippen LogP contribution < -0.4 is 0 Å². The zero-order valence-electron chi connectivity index (χ0n) is 11.1. The fourth-order valence-electron chi connectivity index (χ4n) is 2.16. The molecule has 1 aliphatic heterocycles. The summed E-state index contributed by atoms with van der Waals surface area (Å²) in [6.07, 6.45) is 1.64. The first kappa shape index (κ1) is 14.2. The van der Waals surface area contributed by atoms with Gasteiger partial charge in [-0.1, -0.05) is 6.07 Å². The highest BCUT2D eigenvalue weighted by molar-refractivity contribution is 7.12. The number of morpholine rings is 1. The first-order valence-corrected chi connectivity index (χ1v) is 7.51. The average Bonchev–Trinajstić information content (AvgIpc) is 2.92. The number of Topliss-reactive ketones (excluding diaryl/α,β-unsaturated/α-hetero) is 1. The number of nitrogens with zero attached hydrogens (tertiary/aromatic N) is 1. The molecular weight excluding hydrogens is 262 g/mol. The van der Waals surface area contributed by atoms with Crippen LogP contribution in [0.2, 0.25) is 0 Å². The molecule has 1 unspecified atom stereocenters. The summed E-state index contributed by atoms with van der Waals surface area (Å²) in [4.78, 5) is 26.4. The first-order chi connectivity index (χ1) is 9.16. The van der Waals surface area contributed by atoms with Crippen molar-refractivity contribution in [1.82, 2.24) is 4.90 Å². The van der Waals surface area contributed by atoms with Gasteiger partial charge >= 0.3 is 0 Å². The Hall–Kier alpha value is -1.20. The molecule has 1 amide bonds. The molecule has 19 heavy (non-hydrogen) atoms. The lowest BCUT2D eigenvalue weighted by Crippen LogP contribution is -2.44. The van der Waals surface area contributed by atoms with Gasteiger partial charge in [0.1, 0.15) is 0 Å². The maximum atomic E-state index is 12.0. The Labute approximate surface area is 117 Å². The zero-order chi connectivity index (χ0) is 13.7. The summed E-state index contributed by atoms with van der Waals surface area (Å²) in [5.41, 5.74) is 0. The van der Waals surface area contributed by atoms with Crippen LogP contribution in [0.15, 0.2) is 17.5 Å². The molecule has 4 nitrogen and oxygen atoms in total. The van der Waals surface area contributed by atoms with E-state index in [1.165, 1.54) is 11.3 Å². The summed E-state index contributed by atoms with van der Waals surface area (Å²) in [6.45, 7) is 3.92. The van der Waals surface area contributed by atoms with Crippen LogP contribution in [-0.2, 0) is 9.53 Å². The molecule has 1 aliphatic rings. The van der Waals surface area contributed by atoms with Crippen molar-refractivity contribution in [2.45, 2.75) is 32.3 Å². The molecule has 104 valence electrons. The number of ketones is 1. The van der Waals surface area contributed by atoms with Gasteiger partial charge in [0.15, 0.2) is 5.78 Å². The van der Waals surface area contributed by atoms with Crippen LogP contribution in [0.25, 0.3) is 0 Å². The molecule has 0 aliphatic carbocycles. The summed E-state index contributed by atoms with van der Waals surface area (Å²) in [6, 6.07) is 3.71. The minimum Gasteiger partial charge on any atom is -0.375 e. The highest BCUT2D eigenvalue weighted by Gasteiger charge is 2.21. The molecule has 0 aromatic carbocycles. The van der Waals surface area contributed by atoms with Gasteiger partial charge in [0.05, 0.1) is 17.6 Å². The van der Waals surface area contributed by atoms with Crippen LogP contribution in [0.3, 0.4) is 0 Å². The van der Waals surface area contributed by atoms with Crippen molar-refractivity contribution in [3.05, 3.63) is 22.4 Å². The van der Waals surface area contributed by atoms with E-state index < -0.39 is 0 Å². The van der Waals surface area contributed by atoms with Gasteiger partial charge in [0.2, 0.25) is 5.91 Å². The van der Waals surface area contributed by atoms with Crippen LogP contribution >= 0.6 is 11.3 Å². The molecule has 0 radical (unpaired) electrons. The maximum absolute atomic E-state index is 12.0. The highest BCUT2D eigenvalue weighted by atomic mass is 32.1. The topological polar surface area (TPSA) is 46.6 Å². The Morgan fingerprint density at radius 3 is 3.00 bits per heavy atom. The summed E-state index contributed by atoms with van der Waals surface area (Å²) in [5.74, 6) is 0.271. The third kappa shape index (κ3) is 4.14. The third-order valence-corrected chi connectivity index (χ3v) is 4.10. The van der Waals surface area contributed by atoms with Gasteiger partial charge < -0.3 is 9.64 Å². The number of ether oxygens (including phenoxy) is 1. The van der Waals surface area contributed by atoms with Crippen molar-refractivity contribution >= 4 is 23.0 Å². The Morgan fingerprint density at radius 1 is 1.47 bits per heavy atom. The van der Waals surface area contributed by atoms with E-state index in [2.05, 4.69) is 0 Å². The summed E-state index contributed by atoms with van der Waals surface area (Å²) in [7, 11) is 0. The lowest BCUT2D eigenvalue weighted by Gasteiger charge is -2.31. The van der Waals surface area contributed by atoms with Gasteiger partial charge in [-0.3, -0.25) is 9.59 Å². The van der Waals surface area contributed by atoms with Gasteiger partial charge in [0, 0.05) is 25.9 Å². The number of carbonyl (C=O) groups is 2. The minimum atomic E-state index is 0.116. The fraction of sp³-hybridized carbons (Fsp3) is 0.571. The maximum Gasteiger partial charge on any atom is 0.222 e. The molecule has 5 heteroatoms. The van der Waals surface area contributed by atoms with Crippen molar-refractivity contribution < 1.29 is 14.3 Å². The smallest absolute Gasteiger partial charge is 0.222 e. The molecule has 2 heterocycles. The predicted molar refractivity (Wildman–Crippen MR) is 74.5 cm³/mol. The van der Waals surface area contributed by atoms with E-state index in [0.29, 0.717) is 39.0 Å². The second kappa shape index (κ2) is 6.82. The minimum absolute atomic E-state index is 0.116. The van der Waals surface area contributed by atoms with E-state index >= 15 is 0 Å². The molecule has 1 fully saturated rings. The lowest BCUT2D eigenvalue weighted by atomic mass is 10.1. The Kier molecular flexibility index (Phi) is 5.10. The third-order valence-electron chi connectivity index (χ3n) is 3.18. The summed E-state index contributed by atoms with van der Waals surface area (Å²) in [5, 5.41) is 1.90. The van der Waals surface area contributed by atoms with Crippen LogP contribution in [0.1, 0.15) is 35.9 Å². The average molecular weight is 281 g/mol. The Morgan fingerprint density at radius 2 is 2.32 bits per heavy atom. The fourth-order valence-corrected chi connectivity index (χ4v) is 2.86. The normalized spacial score (nSPS) is 19.4. The molecule has 0 saturated carbocycles. The number of hydrogen-bond acceptors (Lipinski definition) is 4. The molecule has 1 aromatic heterocycles. The number of thiophene rings is 1. The quantitative estimate of drug-likeness (QED) is 0.778. The number of rotatable bonds is 5. The van der Waals surface area contributed by atoms with Crippen molar-refractivity contribution in [3.8, 4) is 0 Å².